The van der Waals surface area contributed by atoms with Crippen LogP contribution in [-0.4, -0.2) is 47.6 Å². The number of nitrogens with one attached hydrogen (secondary N) is 1. The summed E-state index contributed by atoms with van der Waals surface area (Å²) < 4.78 is 0. The number of hydrogen-bond acceptors (Lipinski definition) is 3. The number of carbonyl (C=O) groups excluding carboxylic acids is 2. The lowest BCUT2D eigenvalue weighted by Crippen LogP contribution is -2.29. The Kier molecular flexibility index (Phi) is 8.97. The number of β-amino-alcohol motifs (C(OH)–C–C–N with tert-alkyl or cyclic N) is 1. The normalized spacial score (nSPS) is 17.8. The van der Waals surface area contributed by atoms with Crippen molar-refractivity contribution >= 4 is 11.8 Å². The third-order valence-corrected chi connectivity index (χ3v) is 5.40. The highest BCUT2D eigenvalue weighted by Crippen LogP contribution is 2.18. The van der Waals surface area contributed by atoms with E-state index in [1.54, 1.807) is 4.90 Å². The zero-order valence-corrected chi connectivity index (χ0v) is 17.6. The van der Waals surface area contributed by atoms with Crippen molar-refractivity contribution in [2.24, 2.45) is 5.92 Å². The largest absolute Gasteiger partial charge is 0.391 e. The van der Waals surface area contributed by atoms with Crippen LogP contribution in [0.3, 0.4) is 0 Å². The van der Waals surface area contributed by atoms with Gasteiger partial charge in [0.15, 0.2) is 0 Å². The molecule has 1 fully saturated rings. The van der Waals surface area contributed by atoms with Gasteiger partial charge in [0, 0.05) is 26.1 Å². The maximum absolute atomic E-state index is 12.4. The van der Waals surface area contributed by atoms with E-state index in [2.05, 4.69) is 43.4 Å². The highest BCUT2D eigenvalue weighted by Gasteiger charge is 2.23. The van der Waals surface area contributed by atoms with Gasteiger partial charge in [-0.25, -0.2) is 0 Å². The molecule has 2 N–H and O–H groups in total. The molecule has 28 heavy (non-hydrogen) atoms. The van der Waals surface area contributed by atoms with Crippen LogP contribution in [0.1, 0.15) is 69.9 Å². The fraction of sp³-hybridized carbons (Fsp3) is 0.652. The van der Waals surface area contributed by atoms with Crippen molar-refractivity contribution in [3.8, 4) is 0 Å². The van der Waals surface area contributed by atoms with E-state index in [1.165, 1.54) is 5.56 Å². The Hall–Kier alpha value is -1.88. The Morgan fingerprint density at radius 3 is 2.46 bits per heavy atom. The van der Waals surface area contributed by atoms with Gasteiger partial charge in [0.25, 0.3) is 0 Å². The first-order chi connectivity index (χ1) is 13.4. The van der Waals surface area contributed by atoms with E-state index >= 15 is 0 Å². The SMILES string of the molecule is CC(C)Cc1ccc(C(C)C(=O)NCCCCCC(=O)N2CCC(O)C2)cc1. The van der Waals surface area contributed by atoms with Gasteiger partial charge < -0.3 is 15.3 Å². The maximum Gasteiger partial charge on any atom is 0.227 e. The van der Waals surface area contributed by atoms with Gasteiger partial charge in [-0.3, -0.25) is 9.59 Å². The van der Waals surface area contributed by atoms with Gasteiger partial charge >= 0.3 is 0 Å². The zero-order chi connectivity index (χ0) is 20.5. The van der Waals surface area contributed by atoms with Gasteiger partial charge in [-0.1, -0.05) is 44.5 Å². The molecule has 5 heteroatoms. The standard InChI is InChI=1S/C23H36N2O3/c1-17(2)15-19-8-10-20(11-9-19)18(3)23(28)24-13-6-4-5-7-22(27)25-14-12-21(26)16-25/h8-11,17-18,21,26H,4-7,12-16H2,1-3H3,(H,24,28). The van der Waals surface area contributed by atoms with Crippen molar-refractivity contribution in [3.05, 3.63) is 35.4 Å². The number of likely N-dealkylation sites (tertiary alicyclic amines) is 1. The van der Waals surface area contributed by atoms with Crippen molar-refractivity contribution in [1.29, 1.82) is 0 Å². The maximum atomic E-state index is 12.4. The van der Waals surface area contributed by atoms with E-state index in [4.69, 9.17) is 0 Å². The summed E-state index contributed by atoms with van der Waals surface area (Å²) in [7, 11) is 0. The second-order valence-corrected chi connectivity index (χ2v) is 8.45. The first-order valence-electron chi connectivity index (χ1n) is 10.7. The molecule has 1 heterocycles. The fourth-order valence-corrected chi connectivity index (χ4v) is 3.63. The van der Waals surface area contributed by atoms with Gasteiger partial charge in [0.2, 0.25) is 11.8 Å². The highest BCUT2D eigenvalue weighted by atomic mass is 16.3. The summed E-state index contributed by atoms with van der Waals surface area (Å²) in [6.07, 6.45) is 4.54. The molecule has 0 aliphatic carbocycles. The van der Waals surface area contributed by atoms with Crippen molar-refractivity contribution in [1.82, 2.24) is 10.2 Å². The van der Waals surface area contributed by atoms with E-state index in [-0.39, 0.29) is 23.8 Å². The molecule has 1 aliphatic heterocycles. The number of hydrogen-bond donors (Lipinski definition) is 2. The van der Waals surface area contributed by atoms with Gasteiger partial charge in [-0.05, 0) is 49.7 Å². The van der Waals surface area contributed by atoms with E-state index in [9.17, 15) is 14.7 Å². The van der Waals surface area contributed by atoms with Crippen LogP contribution in [0.2, 0.25) is 0 Å². The van der Waals surface area contributed by atoms with Crippen LogP contribution < -0.4 is 5.32 Å². The van der Waals surface area contributed by atoms with E-state index in [0.717, 1.165) is 31.2 Å². The molecule has 2 rings (SSSR count). The Morgan fingerprint density at radius 2 is 1.86 bits per heavy atom. The molecule has 1 aromatic carbocycles. The smallest absolute Gasteiger partial charge is 0.227 e. The third kappa shape index (κ3) is 7.27. The quantitative estimate of drug-likeness (QED) is 0.605. The van der Waals surface area contributed by atoms with E-state index < -0.39 is 0 Å². The summed E-state index contributed by atoms with van der Waals surface area (Å²) in [4.78, 5) is 26.1. The Morgan fingerprint density at radius 1 is 1.14 bits per heavy atom. The van der Waals surface area contributed by atoms with Crippen LogP contribution in [0.4, 0.5) is 0 Å². The van der Waals surface area contributed by atoms with Crippen molar-refractivity contribution in [2.45, 2.75) is 71.3 Å². The van der Waals surface area contributed by atoms with Crippen LogP contribution in [0, 0.1) is 5.92 Å². The van der Waals surface area contributed by atoms with Crippen molar-refractivity contribution in [3.63, 3.8) is 0 Å². The number of amides is 2. The van der Waals surface area contributed by atoms with Crippen molar-refractivity contribution in [2.75, 3.05) is 19.6 Å². The topological polar surface area (TPSA) is 69.6 Å². The van der Waals surface area contributed by atoms with Gasteiger partial charge in [-0.2, -0.15) is 0 Å². The van der Waals surface area contributed by atoms with Crippen LogP contribution in [0.15, 0.2) is 24.3 Å². The number of carbonyl (C=O) groups is 2. The first-order valence-corrected chi connectivity index (χ1v) is 10.7. The van der Waals surface area contributed by atoms with E-state index in [0.29, 0.717) is 38.4 Å². The monoisotopic (exact) mass is 388 g/mol. The fourth-order valence-electron chi connectivity index (χ4n) is 3.63. The second kappa shape index (κ2) is 11.2. The van der Waals surface area contributed by atoms with Crippen LogP contribution >= 0.6 is 0 Å². The molecular weight excluding hydrogens is 352 g/mol. The summed E-state index contributed by atoms with van der Waals surface area (Å²) in [5, 5.41) is 12.5. The third-order valence-electron chi connectivity index (χ3n) is 5.40. The molecule has 1 aliphatic rings. The molecule has 5 nitrogen and oxygen atoms in total. The number of aliphatic hydroxyl groups is 1. The lowest BCUT2D eigenvalue weighted by atomic mass is 9.96. The molecule has 2 amide bonds. The Bertz CT molecular complexity index is 627. The van der Waals surface area contributed by atoms with Gasteiger partial charge in [0.05, 0.1) is 12.0 Å². The molecule has 1 saturated heterocycles. The van der Waals surface area contributed by atoms with Gasteiger partial charge in [-0.15, -0.1) is 0 Å². The van der Waals surface area contributed by atoms with Crippen LogP contribution in [0.25, 0.3) is 0 Å². The van der Waals surface area contributed by atoms with Crippen LogP contribution in [-0.2, 0) is 16.0 Å². The molecule has 1 aromatic rings. The Balaban J connectivity index is 1.60. The molecule has 0 bridgehead atoms. The minimum Gasteiger partial charge on any atom is -0.391 e. The number of nitrogens with zero attached hydrogens (tertiary/aromatic N) is 1. The molecule has 156 valence electrons. The second-order valence-electron chi connectivity index (χ2n) is 8.45. The number of aliphatic hydroxyl groups excluding tert-OH is 1. The number of benzene rings is 1. The molecule has 2 unspecified atom stereocenters. The minimum atomic E-state index is -0.354. The lowest BCUT2D eigenvalue weighted by molar-refractivity contribution is -0.130. The summed E-state index contributed by atoms with van der Waals surface area (Å²) >= 11 is 0. The molecule has 0 aromatic heterocycles. The predicted molar refractivity (Wildman–Crippen MR) is 112 cm³/mol. The number of rotatable bonds is 10. The van der Waals surface area contributed by atoms with Crippen molar-refractivity contribution < 1.29 is 14.7 Å². The van der Waals surface area contributed by atoms with E-state index in [1.807, 2.05) is 6.92 Å². The molecule has 0 spiro atoms. The number of unbranched alkanes of at least 4 members (excludes halogenated alkanes) is 2. The summed E-state index contributed by atoms with van der Waals surface area (Å²) in [6, 6.07) is 8.36. The van der Waals surface area contributed by atoms with Gasteiger partial charge in [0.1, 0.15) is 0 Å². The predicted octanol–water partition coefficient (Wildman–Crippen LogP) is 3.26. The average Bonchev–Trinajstić information content (AvgIpc) is 3.10. The summed E-state index contributed by atoms with van der Waals surface area (Å²) in [6.45, 7) is 8.14. The Labute approximate surface area is 169 Å². The lowest BCUT2D eigenvalue weighted by Gasteiger charge is -2.15. The highest BCUT2D eigenvalue weighted by molar-refractivity contribution is 5.83. The molecule has 0 saturated carbocycles. The summed E-state index contributed by atoms with van der Waals surface area (Å²) in [5.74, 6) is 0.661. The minimum absolute atomic E-state index is 0.0544. The summed E-state index contributed by atoms with van der Waals surface area (Å²) in [5.41, 5.74) is 2.35. The molecule has 0 radical (unpaired) electrons. The molecule has 2 atom stereocenters. The van der Waals surface area contributed by atoms with Crippen LogP contribution in [0.5, 0.6) is 0 Å². The first kappa shape index (κ1) is 22.4. The molecular formula is C23H36N2O3. The average molecular weight is 389 g/mol. The zero-order valence-electron chi connectivity index (χ0n) is 17.6.